The second-order valence-electron chi connectivity index (χ2n) is 4.57. The van der Waals surface area contributed by atoms with Crippen molar-refractivity contribution >= 4 is 0 Å². The lowest BCUT2D eigenvalue weighted by atomic mass is 9.92. The van der Waals surface area contributed by atoms with Crippen LogP contribution in [0.15, 0.2) is 30.3 Å². The maximum atomic E-state index is 3.57. The molecule has 1 heteroatoms. The van der Waals surface area contributed by atoms with Gasteiger partial charge < -0.3 is 5.32 Å². The summed E-state index contributed by atoms with van der Waals surface area (Å²) >= 11 is 0. The molecule has 2 unspecified atom stereocenters. The van der Waals surface area contributed by atoms with Crippen molar-refractivity contribution in [2.45, 2.75) is 46.1 Å². The molecule has 0 heterocycles. The molecule has 1 rings (SSSR count). The SMILES string of the molecule is CCNC(CC)C(C)CCc1ccccc1. The molecule has 90 valence electrons. The zero-order chi connectivity index (χ0) is 11.8. The van der Waals surface area contributed by atoms with Gasteiger partial charge in [0.1, 0.15) is 0 Å². The van der Waals surface area contributed by atoms with Crippen LogP contribution in [0.25, 0.3) is 0 Å². The summed E-state index contributed by atoms with van der Waals surface area (Å²) in [5.41, 5.74) is 1.46. The molecule has 0 aromatic heterocycles. The van der Waals surface area contributed by atoms with E-state index in [9.17, 15) is 0 Å². The molecule has 0 aliphatic rings. The van der Waals surface area contributed by atoms with Gasteiger partial charge in [0.05, 0.1) is 0 Å². The molecule has 16 heavy (non-hydrogen) atoms. The Hall–Kier alpha value is -0.820. The van der Waals surface area contributed by atoms with E-state index in [2.05, 4.69) is 56.4 Å². The van der Waals surface area contributed by atoms with E-state index < -0.39 is 0 Å². The molecule has 1 aromatic rings. The van der Waals surface area contributed by atoms with E-state index in [0.717, 1.165) is 12.5 Å². The Kier molecular flexibility index (Phi) is 6.17. The highest BCUT2D eigenvalue weighted by Gasteiger charge is 2.13. The Labute approximate surface area is 100 Å². The minimum absolute atomic E-state index is 0.675. The van der Waals surface area contributed by atoms with E-state index in [-0.39, 0.29) is 0 Å². The Morgan fingerprint density at radius 3 is 2.38 bits per heavy atom. The summed E-state index contributed by atoms with van der Waals surface area (Å²) in [6.07, 6.45) is 3.70. The van der Waals surface area contributed by atoms with Crippen molar-refractivity contribution in [3.63, 3.8) is 0 Å². The lowest BCUT2D eigenvalue weighted by molar-refractivity contribution is 0.354. The van der Waals surface area contributed by atoms with Gasteiger partial charge >= 0.3 is 0 Å². The zero-order valence-electron chi connectivity index (χ0n) is 10.9. The van der Waals surface area contributed by atoms with Crippen molar-refractivity contribution in [3.05, 3.63) is 35.9 Å². The van der Waals surface area contributed by atoms with Crippen LogP contribution in [0.2, 0.25) is 0 Å². The van der Waals surface area contributed by atoms with Gasteiger partial charge in [-0.2, -0.15) is 0 Å². The molecule has 0 fully saturated rings. The van der Waals surface area contributed by atoms with Gasteiger partial charge in [-0.3, -0.25) is 0 Å². The van der Waals surface area contributed by atoms with Gasteiger partial charge in [0, 0.05) is 6.04 Å². The average molecular weight is 219 g/mol. The first-order valence-electron chi connectivity index (χ1n) is 6.55. The summed E-state index contributed by atoms with van der Waals surface area (Å²) in [6.45, 7) is 7.90. The molecule has 0 aliphatic heterocycles. The summed E-state index contributed by atoms with van der Waals surface area (Å²) in [7, 11) is 0. The van der Waals surface area contributed by atoms with Gasteiger partial charge in [-0.1, -0.05) is 51.1 Å². The van der Waals surface area contributed by atoms with Crippen LogP contribution < -0.4 is 5.32 Å². The Bertz CT molecular complexity index is 268. The number of hydrogen-bond acceptors (Lipinski definition) is 1. The van der Waals surface area contributed by atoms with Crippen molar-refractivity contribution in [3.8, 4) is 0 Å². The fourth-order valence-electron chi connectivity index (χ4n) is 2.25. The molecule has 0 radical (unpaired) electrons. The second-order valence-corrected chi connectivity index (χ2v) is 4.57. The van der Waals surface area contributed by atoms with E-state index in [1.54, 1.807) is 0 Å². The highest BCUT2D eigenvalue weighted by atomic mass is 14.9. The van der Waals surface area contributed by atoms with Crippen LogP contribution in [0.1, 0.15) is 39.2 Å². The number of hydrogen-bond donors (Lipinski definition) is 1. The second kappa shape index (κ2) is 7.45. The lowest BCUT2D eigenvalue weighted by Gasteiger charge is -2.23. The predicted octanol–water partition coefficient (Wildman–Crippen LogP) is 3.64. The number of nitrogens with one attached hydrogen (secondary N) is 1. The van der Waals surface area contributed by atoms with Crippen LogP contribution >= 0.6 is 0 Å². The van der Waals surface area contributed by atoms with Gasteiger partial charge in [0.15, 0.2) is 0 Å². The molecule has 1 aromatic carbocycles. The molecular formula is C15H25N. The number of aryl methyl sites for hydroxylation is 1. The zero-order valence-corrected chi connectivity index (χ0v) is 10.9. The summed E-state index contributed by atoms with van der Waals surface area (Å²) in [6, 6.07) is 11.5. The number of rotatable bonds is 7. The standard InChI is InChI=1S/C15H25N/c1-4-15(16-5-2)13(3)11-12-14-9-7-6-8-10-14/h6-10,13,15-16H,4-5,11-12H2,1-3H3. The summed E-state index contributed by atoms with van der Waals surface area (Å²) in [4.78, 5) is 0. The van der Waals surface area contributed by atoms with Crippen molar-refractivity contribution in [2.24, 2.45) is 5.92 Å². The molecule has 0 saturated carbocycles. The fourth-order valence-corrected chi connectivity index (χ4v) is 2.25. The Morgan fingerprint density at radius 1 is 1.12 bits per heavy atom. The summed E-state index contributed by atoms with van der Waals surface area (Å²) in [5, 5.41) is 3.57. The average Bonchev–Trinajstić information content (AvgIpc) is 2.34. The van der Waals surface area contributed by atoms with Gasteiger partial charge in [-0.05, 0) is 37.3 Å². The van der Waals surface area contributed by atoms with E-state index >= 15 is 0 Å². The van der Waals surface area contributed by atoms with Gasteiger partial charge in [0.25, 0.3) is 0 Å². The van der Waals surface area contributed by atoms with Gasteiger partial charge in [0.2, 0.25) is 0 Å². The van der Waals surface area contributed by atoms with Gasteiger partial charge in [-0.25, -0.2) is 0 Å². The number of benzene rings is 1. The molecule has 0 amide bonds. The minimum Gasteiger partial charge on any atom is -0.314 e. The van der Waals surface area contributed by atoms with Crippen molar-refractivity contribution < 1.29 is 0 Å². The van der Waals surface area contributed by atoms with Crippen molar-refractivity contribution in [1.29, 1.82) is 0 Å². The predicted molar refractivity (Wildman–Crippen MR) is 71.7 cm³/mol. The summed E-state index contributed by atoms with van der Waals surface area (Å²) in [5.74, 6) is 0.755. The molecule has 0 saturated heterocycles. The molecule has 2 atom stereocenters. The minimum atomic E-state index is 0.675. The Balaban J connectivity index is 2.36. The van der Waals surface area contributed by atoms with Crippen LogP contribution in [0.3, 0.4) is 0 Å². The van der Waals surface area contributed by atoms with Crippen LogP contribution in [0, 0.1) is 5.92 Å². The quantitative estimate of drug-likeness (QED) is 0.738. The largest absolute Gasteiger partial charge is 0.314 e. The third-order valence-electron chi connectivity index (χ3n) is 3.32. The van der Waals surface area contributed by atoms with Crippen molar-refractivity contribution in [1.82, 2.24) is 5.32 Å². The third kappa shape index (κ3) is 4.36. The fraction of sp³-hybridized carbons (Fsp3) is 0.600. The highest BCUT2D eigenvalue weighted by molar-refractivity contribution is 5.14. The van der Waals surface area contributed by atoms with E-state index in [0.29, 0.717) is 6.04 Å². The van der Waals surface area contributed by atoms with E-state index in [1.807, 2.05) is 0 Å². The Morgan fingerprint density at radius 2 is 1.81 bits per heavy atom. The normalized spacial score (nSPS) is 14.7. The molecular weight excluding hydrogens is 194 g/mol. The molecule has 1 N–H and O–H groups in total. The first-order valence-corrected chi connectivity index (χ1v) is 6.55. The van der Waals surface area contributed by atoms with Crippen molar-refractivity contribution in [2.75, 3.05) is 6.54 Å². The highest BCUT2D eigenvalue weighted by Crippen LogP contribution is 2.15. The molecule has 0 aliphatic carbocycles. The first-order chi connectivity index (χ1) is 7.77. The molecule has 1 nitrogen and oxygen atoms in total. The van der Waals surface area contributed by atoms with Crippen LogP contribution in [0.4, 0.5) is 0 Å². The lowest BCUT2D eigenvalue weighted by Crippen LogP contribution is -2.34. The first kappa shape index (κ1) is 13.2. The monoisotopic (exact) mass is 219 g/mol. The maximum absolute atomic E-state index is 3.57. The van der Waals surface area contributed by atoms with Crippen LogP contribution in [-0.4, -0.2) is 12.6 Å². The van der Waals surface area contributed by atoms with Gasteiger partial charge in [-0.15, -0.1) is 0 Å². The smallest absolute Gasteiger partial charge is 0.00900 e. The molecule has 0 spiro atoms. The topological polar surface area (TPSA) is 12.0 Å². The molecule has 0 bridgehead atoms. The van der Waals surface area contributed by atoms with E-state index in [4.69, 9.17) is 0 Å². The van der Waals surface area contributed by atoms with Crippen LogP contribution in [-0.2, 0) is 6.42 Å². The van der Waals surface area contributed by atoms with Crippen LogP contribution in [0.5, 0.6) is 0 Å². The van der Waals surface area contributed by atoms with E-state index in [1.165, 1.54) is 24.8 Å². The summed E-state index contributed by atoms with van der Waals surface area (Å²) < 4.78 is 0. The maximum Gasteiger partial charge on any atom is 0.00900 e. The third-order valence-corrected chi connectivity index (χ3v) is 3.32.